The zero-order chi connectivity index (χ0) is 17.4. The van der Waals surface area contributed by atoms with Crippen LogP contribution in [0.1, 0.15) is 42.2 Å². The van der Waals surface area contributed by atoms with E-state index >= 15 is 0 Å². The van der Waals surface area contributed by atoms with Gasteiger partial charge in [0.2, 0.25) is 5.89 Å². The van der Waals surface area contributed by atoms with Crippen LogP contribution in [-0.2, 0) is 18.4 Å². The van der Waals surface area contributed by atoms with Crippen molar-refractivity contribution in [3.8, 4) is 0 Å². The van der Waals surface area contributed by atoms with Gasteiger partial charge in [-0.25, -0.2) is 4.98 Å². The lowest BCUT2D eigenvalue weighted by Crippen LogP contribution is -2.32. The van der Waals surface area contributed by atoms with Crippen molar-refractivity contribution in [2.24, 2.45) is 5.92 Å². The van der Waals surface area contributed by atoms with E-state index in [0.29, 0.717) is 5.92 Å². The van der Waals surface area contributed by atoms with Crippen molar-refractivity contribution in [3.05, 3.63) is 64.2 Å². The number of aromatic nitrogens is 3. The standard InChI is InChI=1S/C20H22N4OS/c1-2-5-15(6-3-1)9-18-22-19(25-23-18)20-8-4-7-16(20)10-24(13-20)11-17-12-26-14-21-17/h1-3,5-6,12,14,16H,4,7-11,13H2/t16-,20-/m1/s1. The number of thiazole rings is 1. The van der Waals surface area contributed by atoms with E-state index in [0.717, 1.165) is 44.2 Å². The Morgan fingerprint density at radius 1 is 1.27 bits per heavy atom. The second-order valence-electron chi connectivity index (χ2n) is 7.57. The van der Waals surface area contributed by atoms with E-state index in [2.05, 4.69) is 44.7 Å². The smallest absolute Gasteiger partial charge is 0.234 e. The van der Waals surface area contributed by atoms with Crippen LogP contribution in [0.4, 0.5) is 0 Å². The third-order valence-corrected chi connectivity index (χ3v) is 6.54. The number of hydrogen-bond donors (Lipinski definition) is 0. The van der Waals surface area contributed by atoms with Gasteiger partial charge in [-0.3, -0.25) is 4.90 Å². The molecule has 3 aromatic rings. The quantitative estimate of drug-likeness (QED) is 0.690. The molecule has 5 rings (SSSR count). The van der Waals surface area contributed by atoms with Crippen molar-refractivity contribution >= 4 is 11.3 Å². The van der Waals surface area contributed by atoms with Crippen LogP contribution in [0, 0.1) is 5.92 Å². The average Bonchev–Trinajstić information content (AvgIpc) is 3.40. The summed E-state index contributed by atoms with van der Waals surface area (Å²) in [4.78, 5) is 11.8. The van der Waals surface area contributed by atoms with Gasteiger partial charge >= 0.3 is 0 Å². The minimum absolute atomic E-state index is 0.0396. The summed E-state index contributed by atoms with van der Waals surface area (Å²) in [5.74, 6) is 2.27. The zero-order valence-corrected chi connectivity index (χ0v) is 15.5. The van der Waals surface area contributed by atoms with Crippen LogP contribution < -0.4 is 0 Å². The summed E-state index contributed by atoms with van der Waals surface area (Å²) in [6.45, 7) is 3.03. The minimum atomic E-state index is 0.0396. The van der Waals surface area contributed by atoms with Gasteiger partial charge in [0.05, 0.1) is 16.6 Å². The molecule has 1 aliphatic heterocycles. The summed E-state index contributed by atoms with van der Waals surface area (Å²) in [5.41, 5.74) is 4.34. The monoisotopic (exact) mass is 366 g/mol. The molecule has 0 amide bonds. The van der Waals surface area contributed by atoms with E-state index in [-0.39, 0.29) is 5.41 Å². The van der Waals surface area contributed by atoms with Crippen LogP contribution in [0.3, 0.4) is 0 Å². The predicted octanol–water partition coefficient (Wildman–Crippen LogP) is 3.67. The highest BCUT2D eigenvalue weighted by molar-refractivity contribution is 7.07. The van der Waals surface area contributed by atoms with Gasteiger partial charge in [0.25, 0.3) is 0 Å². The Morgan fingerprint density at radius 3 is 3.04 bits per heavy atom. The second kappa shape index (κ2) is 6.59. The molecule has 134 valence electrons. The molecule has 3 heterocycles. The van der Waals surface area contributed by atoms with Gasteiger partial charge in [-0.15, -0.1) is 11.3 Å². The fraction of sp³-hybridized carbons (Fsp3) is 0.450. The Hall–Kier alpha value is -2.05. The highest BCUT2D eigenvalue weighted by Crippen LogP contribution is 2.50. The Balaban J connectivity index is 1.36. The molecule has 1 aliphatic carbocycles. The Bertz CT molecular complexity index is 863. The number of fused-ring (bicyclic) bond motifs is 1. The maximum absolute atomic E-state index is 5.81. The third kappa shape index (κ3) is 2.87. The van der Waals surface area contributed by atoms with Gasteiger partial charge in [-0.1, -0.05) is 41.9 Å². The van der Waals surface area contributed by atoms with E-state index in [4.69, 9.17) is 9.51 Å². The number of nitrogens with zero attached hydrogens (tertiary/aromatic N) is 4. The molecule has 1 saturated heterocycles. The van der Waals surface area contributed by atoms with Gasteiger partial charge in [0.15, 0.2) is 5.82 Å². The molecule has 26 heavy (non-hydrogen) atoms. The fourth-order valence-corrected chi connectivity index (χ4v) is 5.26. The van der Waals surface area contributed by atoms with E-state index in [1.54, 1.807) is 11.3 Å². The van der Waals surface area contributed by atoms with Crippen LogP contribution in [-0.4, -0.2) is 33.1 Å². The van der Waals surface area contributed by atoms with Crippen molar-refractivity contribution in [1.29, 1.82) is 0 Å². The lowest BCUT2D eigenvalue weighted by atomic mass is 9.80. The topological polar surface area (TPSA) is 55.1 Å². The van der Waals surface area contributed by atoms with E-state index < -0.39 is 0 Å². The van der Waals surface area contributed by atoms with Crippen molar-refractivity contribution < 1.29 is 4.52 Å². The molecule has 2 aromatic heterocycles. The first-order valence-electron chi connectivity index (χ1n) is 9.28. The van der Waals surface area contributed by atoms with E-state index in [1.807, 2.05) is 11.6 Å². The highest BCUT2D eigenvalue weighted by Gasteiger charge is 2.54. The molecule has 2 aliphatic rings. The van der Waals surface area contributed by atoms with Crippen LogP contribution in [0.2, 0.25) is 0 Å². The molecule has 5 nitrogen and oxygen atoms in total. The van der Waals surface area contributed by atoms with Crippen molar-refractivity contribution in [2.45, 2.75) is 37.6 Å². The Labute approximate surface area is 157 Å². The summed E-state index contributed by atoms with van der Waals surface area (Å²) in [6, 6.07) is 10.4. The Kier molecular flexibility index (Phi) is 4.10. The van der Waals surface area contributed by atoms with Crippen molar-refractivity contribution in [2.75, 3.05) is 13.1 Å². The molecule has 0 spiro atoms. The van der Waals surface area contributed by atoms with Crippen LogP contribution in [0.5, 0.6) is 0 Å². The molecular formula is C20H22N4OS. The molecule has 1 saturated carbocycles. The molecule has 2 atom stereocenters. The minimum Gasteiger partial charge on any atom is -0.339 e. The largest absolute Gasteiger partial charge is 0.339 e. The third-order valence-electron chi connectivity index (χ3n) is 5.91. The first-order valence-corrected chi connectivity index (χ1v) is 10.2. The summed E-state index contributed by atoms with van der Waals surface area (Å²) in [5, 5.41) is 6.44. The summed E-state index contributed by atoms with van der Waals surface area (Å²) in [6.07, 6.45) is 4.39. The molecule has 0 unspecified atom stereocenters. The van der Waals surface area contributed by atoms with Gasteiger partial charge in [-0.05, 0) is 24.3 Å². The normalized spacial score (nSPS) is 25.6. The van der Waals surface area contributed by atoms with Gasteiger partial charge < -0.3 is 4.52 Å². The first kappa shape index (κ1) is 16.1. The molecule has 0 radical (unpaired) electrons. The number of hydrogen-bond acceptors (Lipinski definition) is 6. The summed E-state index contributed by atoms with van der Waals surface area (Å²) >= 11 is 1.67. The summed E-state index contributed by atoms with van der Waals surface area (Å²) < 4.78 is 5.81. The lowest BCUT2D eigenvalue weighted by molar-refractivity contribution is 0.244. The van der Waals surface area contributed by atoms with Crippen LogP contribution >= 0.6 is 11.3 Å². The number of rotatable bonds is 5. The molecule has 2 fully saturated rings. The van der Waals surface area contributed by atoms with E-state index in [9.17, 15) is 0 Å². The number of benzene rings is 1. The first-order chi connectivity index (χ1) is 12.8. The molecule has 0 bridgehead atoms. The van der Waals surface area contributed by atoms with Gasteiger partial charge in [0.1, 0.15) is 0 Å². The lowest BCUT2D eigenvalue weighted by Gasteiger charge is -2.24. The van der Waals surface area contributed by atoms with E-state index in [1.165, 1.54) is 24.1 Å². The maximum atomic E-state index is 5.81. The van der Waals surface area contributed by atoms with Crippen LogP contribution in [0.25, 0.3) is 0 Å². The average molecular weight is 366 g/mol. The fourth-order valence-electron chi connectivity index (χ4n) is 4.71. The van der Waals surface area contributed by atoms with Crippen molar-refractivity contribution in [1.82, 2.24) is 20.0 Å². The van der Waals surface area contributed by atoms with Crippen molar-refractivity contribution in [3.63, 3.8) is 0 Å². The number of likely N-dealkylation sites (tertiary alicyclic amines) is 1. The second-order valence-corrected chi connectivity index (χ2v) is 8.29. The van der Waals surface area contributed by atoms with Gasteiger partial charge in [0, 0.05) is 31.4 Å². The van der Waals surface area contributed by atoms with Gasteiger partial charge in [-0.2, -0.15) is 4.98 Å². The predicted molar refractivity (Wildman–Crippen MR) is 100.0 cm³/mol. The maximum Gasteiger partial charge on any atom is 0.234 e. The molecule has 1 aromatic carbocycles. The highest BCUT2D eigenvalue weighted by atomic mass is 32.1. The summed E-state index contributed by atoms with van der Waals surface area (Å²) in [7, 11) is 0. The Morgan fingerprint density at radius 2 is 2.19 bits per heavy atom. The SMILES string of the molecule is c1ccc(Cc2noc([C@@]34CCC[C@@H]3CN(Cc3cscn3)C4)n2)cc1. The zero-order valence-electron chi connectivity index (χ0n) is 14.7. The van der Waals surface area contributed by atoms with Crippen LogP contribution in [0.15, 0.2) is 45.7 Å². The molecule has 6 heteroatoms. The molecule has 0 N–H and O–H groups in total. The molecular weight excluding hydrogens is 344 g/mol.